The molecule has 0 aliphatic carbocycles. The van der Waals surface area contributed by atoms with Crippen LogP contribution >= 0.6 is 31.9 Å². The minimum absolute atomic E-state index is 0.0336. The smallest absolute Gasteiger partial charge is 0.128 e. The number of alkyl halides is 1. The third-order valence-electron chi connectivity index (χ3n) is 1.27. The fraction of sp³-hybridized carbons (Fsp3) is 0.143. The van der Waals surface area contributed by atoms with Gasteiger partial charge in [-0.25, -0.2) is 4.39 Å². The SMILES string of the molecule is Oc1cc(F)cc(Br)c1CBr. The fourth-order valence-corrected chi connectivity index (χ4v) is 2.25. The summed E-state index contributed by atoms with van der Waals surface area (Å²) in [7, 11) is 0. The maximum Gasteiger partial charge on any atom is 0.128 e. The molecule has 1 rings (SSSR count). The lowest BCUT2D eigenvalue weighted by atomic mass is 10.2. The summed E-state index contributed by atoms with van der Waals surface area (Å²) in [6.07, 6.45) is 0. The molecule has 0 amide bonds. The highest BCUT2D eigenvalue weighted by atomic mass is 79.9. The first kappa shape index (κ1) is 9.00. The van der Waals surface area contributed by atoms with E-state index < -0.39 is 5.82 Å². The highest BCUT2D eigenvalue weighted by Crippen LogP contribution is 2.29. The molecule has 1 nitrogen and oxygen atoms in total. The second kappa shape index (κ2) is 3.54. The molecule has 4 heteroatoms. The van der Waals surface area contributed by atoms with Crippen LogP contribution in [0, 0.1) is 5.82 Å². The van der Waals surface area contributed by atoms with Crippen LogP contribution in [0.15, 0.2) is 16.6 Å². The molecule has 1 aromatic carbocycles. The van der Waals surface area contributed by atoms with Crippen molar-refractivity contribution in [1.82, 2.24) is 0 Å². The Labute approximate surface area is 80.5 Å². The molecule has 0 radical (unpaired) electrons. The monoisotopic (exact) mass is 282 g/mol. The van der Waals surface area contributed by atoms with E-state index in [4.69, 9.17) is 0 Å². The Balaban J connectivity index is 3.25. The molecule has 1 aromatic rings. The first-order chi connectivity index (χ1) is 5.15. The average molecular weight is 284 g/mol. The van der Waals surface area contributed by atoms with Gasteiger partial charge in [-0.2, -0.15) is 0 Å². The standard InChI is InChI=1S/C7H5Br2FO/c8-3-5-6(9)1-4(10)2-7(5)11/h1-2,11H,3H2. The Morgan fingerprint density at radius 3 is 2.55 bits per heavy atom. The van der Waals surface area contributed by atoms with Gasteiger partial charge in [0.1, 0.15) is 11.6 Å². The zero-order valence-corrected chi connectivity index (χ0v) is 8.61. The first-order valence-corrected chi connectivity index (χ1v) is 4.79. The van der Waals surface area contributed by atoms with Crippen molar-refractivity contribution in [2.75, 3.05) is 0 Å². The van der Waals surface area contributed by atoms with Crippen molar-refractivity contribution in [1.29, 1.82) is 0 Å². The van der Waals surface area contributed by atoms with Crippen LogP contribution in [0.2, 0.25) is 0 Å². The third-order valence-corrected chi connectivity index (χ3v) is 2.54. The van der Waals surface area contributed by atoms with Gasteiger partial charge in [0.25, 0.3) is 0 Å². The van der Waals surface area contributed by atoms with Crippen LogP contribution in [0.25, 0.3) is 0 Å². The lowest BCUT2D eigenvalue weighted by molar-refractivity contribution is 0.464. The molecule has 0 aromatic heterocycles. The van der Waals surface area contributed by atoms with Gasteiger partial charge in [-0.05, 0) is 6.07 Å². The highest BCUT2D eigenvalue weighted by molar-refractivity contribution is 9.10. The quantitative estimate of drug-likeness (QED) is 0.785. The topological polar surface area (TPSA) is 20.2 Å². The van der Waals surface area contributed by atoms with Crippen molar-refractivity contribution in [2.45, 2.75) is 5.33 Å². The number of halogens is 3. The molecule has 0 bridgehead atoms. The van der Waals surface area contributed by atoms with Gasteiger partial charge in [-0.1, -0.05) is 31.9 Å². The van der Waals surface area contributed by atoms with E-state index in [0.717, 1.165) is 6.07 Å². The Morgan fingerprint density at radius 1 is 1.45 bits per heavy atom. The summed E-state index contributed by atoms with van der Waals surface area (Å²) in [5, 5.41) is 9.67. The number of phenols is 1. The third kappa shape index (κ3) is 1.93. The molecule has 0 saturated carbocycles. The fourth-order valence-electron chi connectivity index (χ4n) is 0.722. The molecule has 0 fully saturated rings. The Kier molecular flexibility index (Phi) is 2.90. The molecule has 1 N–H and O–H groups in total. The summed E-state index contributed by atoms with van der Waals surface area (Å²) in [5.74, 6) is -0.479. The lowest BCUT2D eigenvalue weighted by Gasteiger charge is -2.02. The van der Waals surface area contributed by atoms with E-state index >= 15 is 0 Å². The Morgan fingerprint density at radius 2 is 2.09 bits per heavy atom. The van der Waals surface area contributed by atoms with Crippen LogP contribution in [0.5, 0.6) is 5.75 Å². The van der Waals surface area contributed by atoms with Gasteiger partial charge in [0.05, 0.1) is 0 Å². The van der Waals surface area contributed by atoms with Crippen molar-refractivity contribution in [3.8, 4) is 5.75 Å². The first-order valence-electron chi connectivity index (χ1n) is 2.88. The number of aromatic hydroxyl groups is 1. The molecule has 0 spiro atoms. The lowest BCUT2D eigenvalue weighted by Crippen LogP contribution is -1.84. The predicted octanol–water partition coefficient (Wildman–Crippen LogP) is 3.19. The zero-order chi connectivity index (χ0) is 8.43. The molecule has 11 heavy (non-hydrogen) atoms. The van der Waals surface area contributed by atoms with E-state index in [1.165, 1.54) is 6.07 Å². The van der Waals surface area contributed by atoms with Crippen molar-refractivity contribution >= 4 is 31.9 Å². The molecule has 0 saturated heterocycles. The number of benzene rings is 1. The number of hydrogen-bond acceptors (Lipinski definition) is 1. The maximum atomic E-state index is 12.5. The molecule has 0 atom stereocenters. The molecule has 0 heterocycles. The number of hydrogen-bond donors (Lipinski definition) is 1. The minimum Gasteiger partial charge on any atom is -0.507 e. The van der Waals surface area contributed by atoms with Crippen LogP contribution in [0.4, 0.5) is 4.39 Å². The summed E-state index contributed by atoms with van der Waals surface area (Å²) in [6.45, 7) is 0. The van der Waals surface area contributed by atoms with Gasteiger partial charge in [-0.3, -0.25) is 0 Å². The van der Waals surface area contributed by atoms with Gasteiger partial charge >= 0.3 is 0 Å². The predicted molar refractivity (Wildman–Crippen MR) is 48.4 cm³/mol. The van der Waals surface area contributed by atoms with Gasteiger partial charge in [0, 0.05) is 21.4 Å². The van der Waals surface area contributed by atoms with E-state index in [1.807, 2.05) is 0 Å². The van der Waals surface area contributed by atoms with Crippen LogP contribution in [0.3, 0.4) is 0 Å². The minimum atomic E-state index is -0.445. The largest absolute Gasteiger partial charge is 0.507 e. The summed E-state index contributed by atoms with van der Waals surface area (Å²) >= 11 is 6.30. The number of phenolic OH excluding ortho intramolecular Hbond substituents is 1. The van der Waals surface area contributed by atoms with Gasteiger partial charge in [0.2, 0.25) is 0 Å². The van der Waals surface area contributed by atoms with E-state index in [2.05, 4.69) is 31.9 Å². The number of rotatable bonds is 1. The Hall–Kier alpha value is -0.0900. The molecule has 60 valence electrons. The highest BCUT2D eigenvalue weighted by Gasteiger charge is 2.06. The summed E-state index contributed by atoms with van der Waals surface area (Å²) < 4.78 is 13.1. The van der Waals surface area contributed by atoms with Gasteiger partial charge in [-0.15, -0.1) is 0 Å². The van der Waals surface area contributed by atoms with Crippen LogP contribution in [-0.4, -0.2) is 5.11 Å². The Bertz CT molecular complexity index is 252. The van der Waals surface area contributed by atoms with Crippen LogP contribution < -0.4 is 0 Å². The normalized spacial score (nSPS) is 10.1. The van der Waals surface area contributed by atoms with E-state index in [-0.39, 0.29) is 5.75 Å². The summed E-state index contributed by atoms with van der Waals surface area (Å²) in [4.78, 5) is 0. The maximum absolute atomic E-state index is 12.5. The second-order valence-electron chi connectivity index (χ2n) is 2.02. The van der Waals surface area contributed by atoms with Crippen molar-refractivity contribution in [2.24, 2.45) is 0 Å². The molecular formula is C7H5Br2FO. The van der Waals surface area contributed by atoms with Crippen molar-refractivity contribution in [3.63, 3.8) is 0 Å². The van der Waals surface area contributed by atoms with Crippen molar-refractivity contribution < 1.29 is 9.50 Å². The van der Waals surface area contributed by atoms with E-state index in [9.17, 15) is 9.50 Å². The molecule has 0 aliphatic heterocycles. The zero-order valence-electron chi connectivity index (χ0n) is 5.44. The second-order valence-corrected chi connectivity index (χ2v) is 3.43. The molecular weight excluding hydrogens is 279 g/mol. The summed E-state index contributed by atoms with van der Waals surface area (Å²) in [5.41, 5.74) is 0.659. The van der Waals surface area contributed by atoms with Gasteiger partial charge < -0.3 is 5.11 Å². The van der Waals surface area contributed by atoms with Crippen LogP contribution in [-0.2, 0) is 5.33 Å². The summed E-state index contributed by atoms with van der Waals surface area (Å²) in [6, 6.07) is 2.40. The average Bonchev–Trinajstić information content (AvgIpc) is 1.85. The van der Waals surface area contributed by atoms with Crippen molar-refractivity contribution in [3.05, 3.63) is 28.0 Å². The van der Waals surface area contributed by atoms with E-state index in [0.29, 0.717) is 15.4 Å². The van der Waals surface area contributed by atoms with Crippen LogP contribution in [0.1, 0.15) is 5.56 Å². The van der Waals surface area contributed by atoms with Gasteiger partial charge in [0.15, 0.2) is 0 Å². The molecule has 0 aliphatic rings. The van der Waals surface area contributed by atoms with E-state index in [1.54, 1.807) is 0 Å². The molecule has 0 unspecified atom stereocenters.